The molecular formula is C16H16F4N6O2S. The molecule has 156 valence electrons. The van der Waals surface area contributed by atoms with E-state index in [0.717, 1.165) is 23.9 Å². The van der Waals surface area contributed by atoms with E-state index in [9.17, 15) is 22.4 Å². The van der Waals surface area contributed by atoms with E-state index in [1.807, 2.05) is 0 Å². The molecule has 1 amide bonds. The summed E-state index contributed by atoms with van der Waals surface area (Å²) in [6, 6.07) is 2.93. The summed E-state index contributed by atoms with van der Waals surface area (Å²) in [5, 5.41) is 12.7. The van der Waals surface area contributed by atoms with Gasteiger partial charge in [0.05, 0.1) is 11.3 Å². The van der Waals surface area contributed by atoms with Crippen molar-refractivity contribution in [1.29, 1.82) is 0 Å². The van der Waals surface area contributed by atoms with Gasteiger partial charge in [-0.05, 0) is 28.5 Å². The number of carbonyl (C=O) groups is 1. The van der Waals surface area contributed by atoms with E-state index < -0.39 is 29.4 Å². The largest absolute Gasteiger partial charge is 0.382 e. The molecule has 0 bridgehead atoms. The van der Waals surface area contributed by atoms with Gasteiger partial charge in [-0.15, -0.1) is 0 Å². The molecule has 0 atom stereocenters. The highest BCUT2D eigenvalue weighted by Crippen LogP contribution is 2.27. The van der Waals surface area contributed by atoms with Crippen LogP contribution in [0.3, 0.4) is 0 Å². The molecule has 0 radical (unpaired) electrons. The quantitative estimate of drug-likeness (QED) is 0.191. The van der Waals surface area contributed by atoms with Crippen LogP contribution in [0.15, 0.2) is 32.8 Å². The molecule has 1 aromatic carbocycles. The van der Waals surface area contributed by atoms with E-state index in [0.29, 0.717) is 5.75 Å². The minimum Gasteiger partial charge on any atom is -0.382 e. The molecule has 1 fully saturated rings. The number of amidine groups is 1. The zero-order valence-corrected chi connectivity index (χ0v) is 15.6. The molecule has 2 aromatic rings. The minimum atomic E-state index is -3.00. The number of benzene rings is 1. The number of hydrogen-bond donors (Lipinski definition) is 3. The van der Waals surface area contributed by atoms with Crippen LogP contribution in [-0.4, -0.2) is 53.1 Å². The molecule has 1 saturated heterocycles. The third-order valence-electron chi connectivity index (χ3n) is 4.01. The molecular weight excluding hydrogens is 416 g/mol. The second kappa shape index (κ2) is 8.78. The van der Waals surface area contributed by atoms with Crippen LogP contribution in [-0.2, 0) is 4.79 Å². The number of carbonyl (C=O) groups excluding carboxylic acids is 1. The molecule has 0 saturated carbocycles. The number of nitrogens with zero attached hydrogens (tertiary/aromatic N) is 3. The van der Waals surface area contributed by atoms with Gasteiger partial charge in [0.15, 0.2) is 16.6 Å². The van der Waals surface area contributed by atoms with E-state index in [1.165, 1.54) is 6.07 Å². The fraction of sp³-hybridized carbons (Fsp3) is 0.375. The van der Waals surface area contributed by atoms with Crippen LogP contribution in [0, 0.1) is 5.82 Å². The first-order valence-electron chi connectivity index (χ1n) is 8.35. The summed E-state index contributed by atoms with van der Waals surface area (Å²) in [6.45, 7) is 0.119. The normalized spacial score (nSPS) is 16.0. The number of hydrogen-bond acceptors (Lipinski definition) is 7. The first-order valence-corrected chi connectivity index (χ1v) is 9.34. The number of rotatable bonds is 8. The molecule has 3 rings (SSSR count). The van der Waals surface area contributed by atoms with Crippen LogP contribution < -0.4 is 16.4 Å². The first kappa shape index (κ1) is 21.0. The van der Waals surface area contributed by atoms with Gasteiger partial charge in [-0.25, -0.2) is 27.2 Å². The number of amides is 1. The molecule has 0 aliphatic carbocycles. The van der Waals surface area contributed by atoms with Gasteiger partial charge in [-0.3, -0.25) is 4.79 Å². The maximum atomic E-state index is 13.9. The fourth-order valence-corrected chi connectivity index (χ4v) is 3.13. The molecule has 1 aliphatic rings. The summed E-state index contributed by atoms with van der Waals surface area (Å²) in [7, 11) is 0. The fourth-order valence-electron chi connectivity index (χ4n) is 2.37. The molecule has 1 aromatic heterocycles. The molecule has 2 heterocycles. The van der Waals surface area contributed by atoms with Crippen molar-refractivity contribution in [3.05, 3.63) is 35.3 Å². The van der Waals surface area contributed by atoms with Crippen LogP contribution >= 0.6 is 11.8 Å². The Labute approximate surface area is 166 Å². The number of aliphatic imine (C=N–C) groups is 1. The Balaban J connectivity index is 1.61. The monoisotopic (exact) mass is 432 g/mol. The SMILES string of the molecule is NC(=Nc1ccc(F)c(C(F)F)c1)c1nonc1SCCNC(=O)C1(F)CNC1. The van der Waals surface area contributed by atoms with Crippen molar-refractivity contribution >= 4 is 29.2 Å². The van der Waals surface area contributed by atoms with Gasteiger partial charge >= 0.3 is 0 Å². The summed E-state index contributed by atoms with van der Waals surface area (Å²) in [5.74, 6) is -1.60. The summed E-state index contributed by atoms with van der Waals surface area (Å²) < 4.78 is 57.4. The van der Waals surface area contributed by atoms with Gasteiger partial charge in [0, 0.05) is 25.4 Å². The number of aromatic nitrogens is 2. The predicted octanol–water partition coefficient (Wildman–Crippen LogP) is 1.70. The third kappa shape index (κ3) is 4.85. The predicted molar refractivity (Wildman–Crippen MR) is 96.5 cm³/mol. The Kier molecular flexibility index (Phi) is 6.37. The summed E-state index contributed by atoms with van der Waals surface area (Å²) in [6.07, 6.45) is -3.00. The Morgan fingerprint density at radius 3 is 2.83 bits per heavy atom. The average Bonchev–Trinajstić information content (AvgIpc) is 3.13. The van der Waals surface area contributed by atoms with E-state index in [1.54, 1.807) is 0 Å². The Morgan fingerprint density at radius 1 is 1.41 bits per heavy atom. The van der Waals surface area contributed by atoms with Crippen molar-refractivity contribution in [3.8, 4) is 0 Å². The van der Waals surface area contributed by atoms with Gasteiger partial charge in [0.1, 0.15) is 5.82 Å². The number of nitrogens with one attached hydrogen (secondary N) is 2. The standard InChI is InChI=1S/C16H16F4N6O2S/c17-10-2-1-8(5-9(10)12(18)19)24-13(21)11-14(26-28-25-11)29-4-3-23-15(27)16(20)6-22-7-16/h1-2,5,12,22H,3-4,6-7H2,(H2,21,24)(H,23,27). The molecule has 1 aliphatic heterocycles. The van der Waals surface area contributed by atoms with Crippen LogP contribution in [0.5, 0.6) is 0 Å². The average molecular weight is 432 g/mol. The molecule has 0 spiro atoms. The van der Waals surface area contributed by atoms with E-state index in [2.05, 4.69) is 30.6 Å². The Morgan fingerprint density at radius 2 is 2.17 bits per heavy atom. The Bertz CT molecular complexity index is 919. The van der Waals surface area contributed by atoms with E-state index in [-0.39, 0.29) is 41.9 Å². The highest BCUT2D eigenvalue weighted by atomic mass is 32.2. The third-order valence-corrected chi connectivity index (χ3v) is 4.96. The second-order valence-corrected chi connectivity index (χ2v) is 7.18. The Hall–Kier alpha value is -2.67. The van der Waals surface area contributed by atoms with E-state index in [4.69, 9.17) is 5.73 Å². The molecule has 13 heteroatoms. The van der Waals surface area contributed by atoms with Gasteiger partial charge in [-0.1, -0.05) is 11.8 Å². The second-order valence-electron chi connectivity index (χ2n) is 6.09. The smallest absolute Gasteiger partial charge is 0.266 e. The molecule has 0 unspecified atom stereocenters. The number of nitrogens with two attached hydrogens (primary N) is 1. The van der Waals surface area contributed by atoms with Gasteiger partial charge in [-0.2, -0.15) is 0 Å². The van der Waals surface area contributed by atoms with Crippen LogP contribution in [0.4, 0.5) is 23.2 Å². The van der Waals surface area contributed by atoms with Crippen molar-refractivity contribution < 1.29 is 27.0 Å². The summed E-state index contributed by atoms with van der Waals surface area (Å²) in [5.41, 5.74) is 3.23. The van der Waals surface area contributed by atoms with Crippen molar-refractivity contribution in [2.45, 2.75) is 17.1 Å². The van der Waals surface area contributed by atoms with Crippen molar-refractivity contribution in [2.75, 3.05) is 25.4 Å². The van der Waals surface area contributed by atoms with Crippen LogP contribution in [0.1, 0.15) is 17.7 Å². The highest BCUT2D eigenvalue weighted by molar-refractivity contribution is 7.99. The minimum absolute atomic E-state index is 0.00719. The lowest BCUT2D eigenvalue weighted by molar-refractivity contribution is -0.135. The molecule has 8 nitrogen and oxygen atoms in total. The lowest BCUT2D eigenvalue weighted by atomic mass is 9.99. The van der Waals surface area contributed by atoms with Crippen molar-refractivity contribution in [3.63, 3.8) is 0 Å². The molecule has 4 N–H and O–H groups in total. The first-order chi connectivity index (χ1) is 13.8. The summed E-state index contributed by atoms with van der Waals surface area (Å²) >= 11 is 1.12. The zero-order chi connectivity index (χ0) is 21.0. The maximum absolute atomic E-state index is 13.9. The topological polar surface area (TPSA) is 118 Å². The van der Waals surface area contributed by atoms with Crippen molar-refractivity contribution in [2.24, 2.45) is 10.7 Å². The van der Waals surface area contributed by atoms with Crippen molar-refractivity contribution in [1.82, 2.24) is 20.9 Å². The number of alkyl halides is 3. The lowest BCUT2D eigenvalue weighted by Gasteiger charge is -2.33. The summed E-state index contributed by atoms with van der Waals surface area (Å²) in [4.78, 5) is 15.6. The lowest BCUT2D eigenvalue weighted by Crippen LogP contribution is -2.64. The highest BCUT2D eigenvalue weighted by Gasteiger charge is 2.44. The van der Waals surface area contributed by atoms with Gasteiger partial charge in [0.2, 0.25) is 5.67 Å². The molecule has 29 heavy (non-hydrogen) atoms. The number of thioether (sulfide) groups is 1. The van der Waals surface area contributed by atoms with Gasteiger partial charge < -0.3 is 16.4 Å². The van der Waals surface area contributed by atoms with Crippen LogP contribution in [0.2, 0.25) is 0 Å². The maximum Gasteiger partial charge on any atom is 0.266 e. The van der Waals surface area contributed by atoms with Crippen LogP contribution in [0.25, 0.3) is 0 Å². The number of halogens is 4. The van der Waals surface area contributed by atoms with E-state index >= 15 is 0 Å². The zero-order valence-electron chi connectivity index (χ0n) is 14.8. The van der Waals surface area contributed by atoms with Gasteiger partial charge in [0.25, 0.3) is 12.3 Å².